The van der Waals surface area contributed by atoms with Gasteiger partial charge in [-0.05, 0) is 42.7 Å². The number of nitrogen functional groups attached to an aromatic ring is 1. The molecular weight excluding hydrogens is 190 g/mol. The fourth-order valence-corrected chi connectivity index (χ4v) is 2.68. The van der Waals surface area contributed by atoms with Gasteiger partial charge in [0.05, 0.1) is 0 Å². The highest BCUT2D eigenvalue weighted by Crippen LogP contribution is 2.35. The Morgan fingerprint density at radius 1 is 1.14 bits per heavy atom. The van der Waals surface area contributed by atoms with Crippen molar-refractivity contribution in [2.75, 3.05) is 5.73 Å². The number of para-hydroxylation sites is 1. The predicted molar refractivity (Wildman–Crippen MR) is 63.3 cm³/mol. The van der Waals surface area contributed by atoms with Gasteiger partial charge < -0.3 is 5.73 Å². The van der Waals surface area contributed by atoms with E-state index in [9.17, 15) is 0 Å². The smallest absolute Gasteiger partial charge is 0.0455 e. The molecule has 1 aliphatic carbocycles. The highest BCUT2D eigenvalue weighted by molar-refractivity contribution is 8.03. The Bertz CT molecular complexity index is 344. The summed E-state index contributed by atoms with van der Waals surface area (Å²) < 4.78 is 0. The number of hydrogen-bond acceptors (Lipinski definition) is 2. The van der Waals surface area contributed by atoms with Crippen LogP contribution in [0.3, 0.4) is 0 Å². The van der Waals surface area contributed by atoms with E-state index in [0.29, 0.717) is 0 Å². The number of benzene rings is 1. The number of nitrogens with two attached hydrogens (primary N) is 1. The highest BCUT2D eigenvalue weighted by Gasteiger charge is 2.06. The van der Waals surface area contributed by atoms with E-state index in [0.717, 1.165) is 5.69 Å². The summed E-state index contributed by atoms with van der Waals surface area (Å²) in [4.78, 5) is 2.68. The largest absolute Gasteiger partial charge is 0.398 e. The lowest BCUT2D eigenvalue weighted by Gasteiger charge is -2.12. The molecule has 0 aliphatic heterocycles. The molecule has 0 radical (unpaired) electrons. The molecule has 0 bridgehead atoms. The summed E-state index contributed by atoms with van der Waals surface area (Å²) in [7, 11) is 0. The molecule has 2 N–H and O–H groups in total. The molecule has 0 saturated carbocycles. The summed E-state index contributed by atoms with van der Waals surface area (Å²) in [5.41, 5.74) is 6.78. The first-order chi connectivity index (χ1) is 6.86. The van der Waals surface area contributed by atoms with Crippen molar-refractivity contribution in [1.82, 2.24) is 0 Å². The van der Waals surface area contributed by atoms with E-state index >= 15 is 0 Å². The Labute approximate surface area is 89.4 Å². The van der Waals surface area contributed by atoms with Gasteiger partial charge in [-0.15, -0.1) is 0 Å². The van der Waals surface area contributed by atoms with Crippen LogP contribution in [0.25, 0.3) is 0 Å². The Balaban J connectivity index is 2.10. The van der Waals surface area contributed by atoms with Gasteiger partial charge in [-0.25, -0.2) is 0 Å². The first kappa shape index (κ1) is 9.66. The van der Waals surface area contributed by atoms with Crippen molar-refractivity contribution in [3.63, 3.8) is 0 Å². The van der Waals surface area contributed by atoms with Crippen LogP contribution in [0.5, 0.6) is 0 Å². The van der Waals surface area contributed by atoms with E-state index in [-0.39, 0.29) is 0 Å². The summed E-state index contributed by atoms with van der Waals surface area (Å²) >= 11 is 1.83. The molecule has 0 saturated heterocycles. The first-order valence-corrected chi connectivity index (χ1v) is 5.89. The summed E-state index contributed by atoms with van der Waals surface area (Å²) in [5.74, 6) is 0. The van der Waals surface area contributed by atoms with Crippen LogP contribution in [-0.2, 0) is 0 Å². The van der Waals surface area contributed by atoms with Gasteiger partial charge in [-0.2, -0.15) is 0 Å². The van der Waals surface area contributed by atoms with E-state index < -0.39 is 0 Å². The Hall–Kier alpha value is -0.890. The molecule has 1 aliphatic rings. The van der Waals surface area contributed by atoms with Crippen LogP contribution in [0, 0.1) is 0 Å². The maximum atomic E-state index is 5.89. The summed E-state index contributed by atoms with van der Waals surface area (Å²) in [6.45, 7) is 0. The van der Waals surface area contributed by atoms with Gasteiger partial charge in [-0.1, -0.05) is 30.0 Å². The molecule has 2 heteroatoms. The van der Waals surface area contributed by atoms with Crippen LogP contribution in [0.1, 0.15) is 25.7 Å². The Morgan fingerprint density at radius 2 is 2.00 bits per heavy atom. The van der Waals surface area contributed by atoms with Crippen molar-refractivity contribution < 1.29 is 0 Å². The average molecular weight is 205 g/mol. The number of anilines is 1. The van der Waals surface area contributed by atoms with E-state index in [1.165, 1.54) is 35.5 Å². The fourth-order valence-electron chi connectivity index (χ4n) is 1.62. The van der Waals surface area contributed by atoms with E-state index in [1.54, 1.807) is 0 Å². The standard InChI is InChI=1S/C12H15NS/c13-11-8-4-5-9-12(11)14-10-6-2-1-3-7-10/h4-6,8-9H,1-3,7,13H2. The van der Waals surface area contributed by atoms with Crippen molar-refractivity contribution in [3.8, 4) is 0 Å². The van der Waals surface area contributed by atoms with Crippen molar-refractivity contribution in [3.05, 3.63) is 35.2 Å². The molecule has 0 atom stereocenters. The molecule has 14 heavy (non-hydrogen) atoms. The third-order valence-electron chi connectivity index (χ3n) is 2.41. The molecule has 0 fully saturated rings. The van der Waals surface area contributed by atoms with Crippen molar-refractivity contribution >= 4 is 17.4 Å². The normalized spacial score (nSPS) is 16.4. The summed E-state index contributed by atoms with van der Waals surface area (Å²) in [6.07, 6.45) is 7.47. The lowest BCUT2D eigenvalue weighted by atomic mass is 10.1. The second kappa shape index (κ2) is 4.56. The Morgan fingerprint density at radius 3 is 2.71 bits per heavy atom. The molecule has 1 nitrogen and oxygen atoms in total. The quantitative estimate of drug-likeness (QED) is 0.743. The van der Waals surface area contributed by atoms with Gasteiger partial charge >= 0.3 is 0 Å². The van der Waals surface area contributed by atoms with Crippen molar-refractivity contribution in [2.45, 2.75) is 30.6 Å². The minimum absolute atomic E-state index is 0.893. The first-order valence-electron chi connectivity index (χ1n) is 5.07. The topological polar surface area (TPSA) is 26.0 Å². The number of hydrogen-bond donors (Lipinski definition) is 1. The molecule has 0 aromatic heterocycles. The van der Waals surface area contributed by atoms with Crippen LogP contribution < -0.4 is 5.73 Å². The van der Waals surface area contributed by atoms with Crippen LogP contribution in [0.2, 0.25) is 0 Å². The SMILES string of the molecule is Nc1ccccc1SC1=CCCCC1. The zero-order chi connectivity index (χ0) is 9.80. The van der Waals surface area contributed by atoms with Gasteiger partial charge in [0.15, 0.2) is 0 Å². The van der Waals surface area contributed by atoms with Gasteiger partial charge in [0.1, 0.15) is 0 Å². The molecule has 0 heterocycles. The van der Waals surface area contributed by atoms with Gasteiger partial charge in [0.25, 0.3) is 0 Å². The highest BCUT2D eigenvalue weighted by atomic mass is 32.2. The second-order valence-corrected chi connectivity index (χ2v) is 4.72. The Kier molecular flexibility index (Phi) is 3.14. The van der Waals surface area contributed by atoms with E-state index in [4.69, 9.17) is 5.73 Å². The predicted octanol–water partition coefficient (Wildman–Crippen LogP) is 3.82. The number of allylic oxidation sites excluding steroid dienone is 2. The maximum Gasteiger partial charge on any atom is 0.0455 e. The third kappa shape index (κ3) is 2.32. The number of rotatable bonds is 2. The molecule has 0 amide bonds. The summed E-state index contributed by atoms with van der Waals surface area (Å²) in [6, 6.07) is 8.08. The van der Waals surface area contributed by atoms with Crippen LogP contribution >= 0.6 is 11.8 Å². The van der Waals surface area contributed by atoms with Crippen LogP contribution in [0.15, 0.2) is 40.1 Å². The maximum absolute atomic E-state index is 5.89. The number of thioether (sulfide) groups is 1. The van der Waals surface area contributed by atoms with Crippen LogP contribution in [0.4, 0.5) is 5.69 Å². The van der Waals surface area contributed by atoms with Crippen LogP contribution in [-0.4, -0.2) is 0 Å². The molecule has 0 unspecified atom stereocenters. The minimum Gasteiger partial charge on any atom is -0.398 e. The zero-order valence-corrected chi connectivity index (χ0v) is 9.02. The lowest BCUT2D eigenvalue weighted by Crippen LogP contribution is -1.91. The van der Waals surface area contributed by atoms with Crippen molar-refractivity contribution in [1.29, 1.82) is 0 Å². The molecule has 2 rings (SSSR count). The molecular formula is C12H15NS. The monoisotopic (exact) mass is 205 g/mol. The molecule has 0 spiro atoms. The second-order valence-electron chi connectivity index (χ2n) is 3.56. The van der Waals surface area contributed by atoms with Gasteiger partial charge in [0, 0.05) is 10.6 Å². The third-order valence-corrected chi connectivity index (χ3v) is 3.63. The molecule has 1 aromatic carbocycles. The minimum atomic E-state index is 0.893. The zero-order valence-electron chi connectivity index (χ0n) is 8.20. The van der Waals surface area contributed by atoms with Crippen molar-refractivity contribution in [2.24, 2.45) is 0 Å². The van der Waals surface area contributed by atoms with Gasteiger partial charge in [-0.3, -0.25) is 0 Å². The van der Waals surface area contributed by atoms with E-state index in [1.807, 2.05) is 30.0 Å². The van der Waals surface area contributed by atoms with Gasteiger partial charge in [0.2, 0.25) is 0 Å². The fraction of sp³-hybridized carbons (Fsp3) is 0.333. The summed E-state index contributed by atoms with van der Waals surface area (Å²) in [5, 5.41) is 0. The average Bonchev–Trinajstić information content (AvgIpc) is 2.23. The van der Waals surface area contributed by atoms with E-state index in [2.05, 4.69) is 12.1 Å². The lowest BCUT2D eigenvalue weighted by molar-refractivity contribution is 0.723. The molecule has 1 aromatic rings. The molecule has 74 valence electrons.